The van der Waals surface area contributed by atoms with Gasteiger partial charge in [0.1, 0.15) is 31.4 Å². The smallest absolute Gasteiger partial charge is 0.344 e. The number of hydrogen-bond acceptors (Lipinski definition) is 11. The third-order valence-corrected chi connectivity index (χ3v) is 7.56. The molecule has 0 saturated carbocycles. The van der Waals surface area contributed by atoms with Crippen molar-refractivity contribution < 1.29 is 52.3 Å². The van der Waals surface area contributed by atoms with Gasteiger partial charge in [0.15, 0.2) is 5.60 Å². The Bertz CT molecular complexity index is 1230. The van der Waals surface area contributed by atoms with Crippen molar-refractivity contribution in [2.45, 2.75) is 84.6 Å². The van der Waals surface area contributed by atoms with Gasteiger partial charge in [0, 0.05) is 18.6 Å². The van der Waals surface area contributed by atoms with Crippen molar-refractivity contribution in [1.29, 1.82) is 0 Å². The molecular formula is C34H47IO11. The SMILES string of the molecule is COCO[C@H](/C=C(\C)CC/C(=C\C(=O)OCCC(=O)OC)[C@@]1(C)O[C@H](C(C)(C)C)OC1=O)[C@H](/C=C/I)OCc1ccc(OC)cc1. The average molecular weight is 759 g/mol. The van der Waals surface area contributed by atoms with E-state index in [9.17, 15) is 14.4 Å². The van der Waals surface area contributed by atoms with Crippen LogP contribution < -0.4 is 4.74 Å². The van der Waals surface area contributed by atoms with Crippen LogP contribution in [-0.4, -0.2) is 76.7 Å². The van der Waals surface area contributed by atoms with E-state index in [1.165, 1.54) is 13.2 Å². The van der Waals surface area contributed by atoms with Gasteiger partial charge in [-0.15, -0.1) is 0 Å². The highest BCUT2D eigenvalue weighted by Gasteiger charge is 2.52. The number of rotatable bonds is 18. The van der Waals surface area contributed by atoms with Crippen molar-refractivity contribution in [2.24, 2.45) is 5.41 Å². The molecule has 46 heavy (non-hydrogen) atoms. The van der Waals surface area contributed by atoms with E-state index in [1.807, 2.05) is 68.2 Å². The fourth-order valence-corrected chi connectivity index (χ4v) is 4.76. The van der Waals surface area contributed by atoms with Gasteiger partial charge in [0.05, 0.1) is 27.2 Å². The Morgan fingerprint density at radius 1 is 1.04 bits per heavy atom. The molecule has 1 aliphatic rings. The number of halogens is 1. The lowest BCUT2D eigenvalue weighted by atomic mass is 9.89. The maximum absolute atomic E-state index is 13.2. The molecule has 1 saturated heterocycles. The van der Waals surface area contributed by atoms with Gasteiger partial charge in [-0.25, -0.2) is 9.59 Å². The molecule has 11 nitrogen and oxygen atoms in total. The van der Waals surface area contributed by atoms with E-state index in [0.29, 0.717) is 18.6 Å². The summed E-state index contributed by atoms with van der Waals surface area (Å²) in [7, 11) is 4.42. The number of esters is 3. The summed E-state index contributed by atoms with van der Waals surface area (Å²) < 4.78 is 46.1. The number of allylic oxidation sites excluding steroid dienone is 1. The lowest BCUT2D eigenvalue weighted by Gasteiger charge is -2.28. The van der Waals surface area contributed by atoms with Gasteiger partial charge < -0.3 is 37.9 Å². The topological polar surface area (TPSA) is 125 Å². The summed E-state index contributed by atoms with van der Waals surface area (Å²) in [5.74, 6) is -1.05. The highest BCUT2D eigenvalue weighted by molar-refractivity contribution is 14.1. The number of hydrogen-bond donors (Lipinski definition) is 0. The molecule has 256 valence electrons. The van der Waals surface area contributed by atoms with Gasteiger partial charge >= 0.3 is 17.9 Å². The average Bonchev–Trinajstić information content (AvgIpc) is 3.34. The molecule has 4 atom stereocenters. The summed E-state index contributed by atoms with van der Waals surface area (Å²) in [6.45, 7) is 9.42. The minimum absolute atomic E-state index is 0.0421. The quantitative estimate of drug-likeness (QED) is 0.0439. The monoisotopic (exact) mass is 758 g/mol. The van der Waals surface area contributed by atoms with E-state index in [4.69, 9.17) is 33.2 Å². The van der Waals surface area contributed by atoms with Crippen LogP contribution in [0.5, 0.6) is 5.75 Å². The van der Waals surface area contributed by atoms with Crippen LogP contribution in [0.1, 0.15) is 59.4 Å². The molecule has 0 spiro atoms. The Morgan fingerprint density at radius 2 is 1.74 bits per heavy atom. The molecule has 1 fully saturated rings. The van der Waals surface area contributed by atoms with Crippen LogP contribution in [0.2, 0.25) is 0 Å². The summed E-state index contributed by atoms with van der Waals surface area (Å²) in [4.78, 5) is 37.4. The van der Waals surface area contributed by atoms with E-state index in [2.05, 4.69) is 27.3 Å². The van der Waals surface area contributed by atoms with E-state index >= 15 is 0 Å². The first-order valence-corrected chi connectivity index (χ1v) is 16.1. The zero-order valence-corrected chi connectivity index (χ0v) is 30.1. The van der Waals surface area contributed by atoms with Gasteiger partial charge in [-0.1, -0.05) is 67.1 Å². The summed E-state index contributed by atoms with van der Waals surface area (Å²) in [5, 5.41) is 0. The highest BCUT2D eigenvalue weighted by Crippen LogP contribution is 2.40. The van der Waals surface area contributed by atoms with Crippen LogP contribution in [0.3, 0.4) is 0 Å². The van der Waals surface area contributed by atoms with Crippen LogP contribution in [0.25, 0.3) is 0 Å². The second-order valence-corrected chi connectivity index (χ2v) is 12.6. The largest absolute Gasteiger partial charge is 0.497 e. The molecular weight excluding hydrogens is 711 g/mol. The second kappa shape index (κ2) is 19.1. The molecule has 1 aliphatic heterocycles. The summed E-state index contributed by atoms with van der Waals surface area (Å²) in [6.07, 6.45) is 3.95. The zero-order valence-electron chi connectivity index (χ0n) is 28.0. The Labute approximate surface area is 285 Å². The predicted octanol–water partition coefficient (Wildman–Crippen LogP) is 5.98. The first kappa shape index (κ1) is 39.4. The van der Waals surface area contributed by atoms with Crippen LogP contribution in [0, 0.1) is 5.41 Å². The Hall–Kier alpha value is -2.78. The number of ether oxygens (including phenoxy) is 8. The van der Waals surface area contributed by atoms with Crippen molar-refractivity contribution in [2.75, 3.05) is 34.7 Å². The van der Waals surface area contributed by atoms with Gasteiger partial charge in [-0.3, -0.25) is 4.79 Å². The molecule has 0 unspecified atom stereocenters. The Kier molecular flexibility index (Phi) is 16.4. The number of cyclic esters (lactones) is 1. The number of methoxy groups -OCH3 is 3. The summed E-state index contributed by atoms with van der Waals surface area (Å²) >= 11 is 2.14. The maximum Gasteiger partial charge on any atom is 0.344 e. The minimum Gasteiger partial charge on any atom is -0.497 e. The number of carbonyl (C=O) groups excluding carboxylic acids is 3. The van der Waals surface area contributed by atoms with E-state index in [1.54, 1.807) is 21.1 Å². The molecule has 2 rings (SSSR count). The van der Waals surface area contributed by atoms with Crippen molar-refractivity contribution in [3.63, 3.8) is 0 Å². The summed E-state index contributed by atoms with van der Waals surface area (Å²) in [5.41, 5.74) is 0.257. The van der Waals surface area contributed by atoms with Gasteiger partial charge in [-0.2, -0.15) is 0 Å². The van der Waals surface area contributed by atoms with Crippen molar-refractivity contribution >= 4 is 40.5 Å². The molecule has 0 radical (unpaired) electrons. The molecule has 12 heteroatoms. The van der Waals surface area contributed by atoms with Crippen LogP contribution >= 0.6 is 22.6 Å². The third kappa shape index (κ3) is 12.4. The Morgan fingerprint density at radius 3 is 2.30 bits per heavy atom. The first-order chi connectivity index (χ1) is 21.8. The molecule has 0 aromatic heterocycles. The predicted molar refractivity (Wildman–Crippen MR) is 179 cm³/mol. The van der Waals surface area contributed by atoms with Crippen molar-refractivity contribution in [1.82, 2.24) is 0 Å². The Balaban J connectivity index is 2.29. The first-order valence-electron chi connectivity index (χ1n) is 14.9. The lowest BCUT2D eigenvalue weighted by molar-refractivity contribution is -0.155. The van der Waals surface area contributed by atoms with E-state index in [-0.39, 0.29) is 26.2 Å². The van der Waals surface area contributed by atoms with Gasteiger partial charge in [0.25, 0.3) is 0 Å². The van der Waals surface area contributed by atoms with Gasteiger partial charge in [0.2, 0.25) is 6.29 Å². The lowest BCUT2D eigenvalue weighted by Crippen LogP contribution is -2.37. The maximum atomic E-state index is 13.2. The standard InChI is InChI=1S/C34H47IO11/c1-23(19-28(44-22-39-6)27(15-17-35)43-21-24-10-13-26(40-7)14-11-24)9-12-25(20-30(37)42-18-16-29(36)41-8)34(5)31(38)45-32(46-34)33(2,3)4/h10-11,13-15,17,19-20,27-28,32H,9,12,16,18,21-22H2,1-8H3/b17-15+,23-19+,25-20+/t27-,28+,32+,34+/m0/s1. The fourth-order valence-electron chi connectivity index (χ4n) is 4.35. The number of carbonyl (C=O) groups is 3. The van der Waals surface area contributed by atoms with E-state index in [0.717, 1.165) is 16.9 Å². The van der Waals surface area contributed by atoms with Crippen LogP contribution in [-0.2, 0) is 54.1 Å². The molecule has 1 aromatic carbocycles. The molecule has 0 bridgehead atoms. The van der Waals surface area contributed by atoms with Crippen LogP contribution in [0.4, 0.5) is 0 Å². The molecule has 1 heterocycles. The molecule has 0 N–H and O–H groups in total. The summed E-state index contributed by atoms with van der Waals surface area (Å²) in [6, 6.07) is 7.62. The fraction of sp³-hybridized carbons (Fsp3) is 0.559. The highest BCUT2D eigenvalue weighted by atomic mass is 127. The van der Waals surface area contributed by atoms with Gasteiger partial charge in [-0.05, 0) is 60.1 Å². The van der Waals surface area contributed by atoms with Crippen molar-refractivity contribution in [3.8, 4) is 5.75 Å². The third-order valence-electron chi connectivity index (χ3n) is 7.14. The van der Waals surface area contributed by atoms with Crippen LogP contribution in [0.15, 0.2) is 57.7 Å². The van der Waals surface area contributed by atoms with E-state index < -0.39 is 47.4 Å². The van der Waals surface area contributed by atoms with Crippen molar-refractivity contribution in [3.05, 3.63) is 63.3 Å². The second-order valence-electron chi connectivity index (χ2n) is 11.9. The normalized spacial score (nSPS) is 20.4. The minimum atomic E-state index is -1.51. The number of benzene rings is 1. The molecule has 0 aliphatic carbocycles. The molecule has 0 amide bonds. The molecule has 1 aromatic rings. The zero-order chi connectivity index (χ0) is 34.3.